The molecule has 14 heavy (non-hydrogen) atoms. The Hall–Kier alpha value is -0.530. The number of nitrogens with one attached hydrogen (secondary N) is 1. The molecule has 1 aromatic rings. The van der Waals surface area contributed by atoms with E-state index in [1.165, 1.54) is 24.0 Å². The predicted molar refractivity (Wildman–Crippen MR) is 61.0 cm³/mol. The van der Waals surface area contributed by atoms with Gasteiger partial charge in [0.25, 0.3) is 0 Å². The SMILES string of the molecule is Cc1cc(C2CCNCC2)ccc1Cl. The standard InChI is InChI=1S/C12H16ClN/c1-9-8-11(2-3-12(9)13)10-4-6-14-7-5-10/h2-3,8,10,14H,4-7H2,1H3. The van der Waals surface area contributed by atoms with Crippen LogP contribution in [0.3, 0.4) is 0 Å². The fourth-order valence-electron chi connectivity index (χ4n) is 2.08. The fraction of sp³-hybridized carbons (Fsp3) is 0.500. The van der Waals surface area contributed by atoms with Crippen molar-refractivity contribution in [1.82, 2.24) is 5.32 Å². The van der Waals surface area contributed by atoms with Crippen molar-refractivity contribution in [1.29, 1.82) is 0 Å². The first kappa shape index (κ1) is 10.0. The summed E-state index contributed by atoms with van der Waals surface area (Å²) < 4.78 is 0. The molecule has 0 saturated carbocycles. The van der Waals surface area contributed by atoms with Crippen LogP contribution in [-0.4, -0.2) is 13.1 Å². The molecular weight excluding hydrogens is 194 g/mol. The molecule has 1 fully saturated rings. The summed E-state index contributed by atoms with van der Waals surface area (Å²) in [6.07, 6.45) is 2.50. The maximum absolute atomic E-state index is 6.01. The van der Waals surface area contributed by atoms with E-state index < -0.39 is 0 Å². The minimum atomic E-state index is 0.729. The first-order valence-electron chi connectivity index (χ1n) is 5.24. The highest BCUT2D eigenvalue weighted by Gasteiger charge is 2.15. The molecule has 0 aliphatic carbocycles. The quantitative estimate of drug-likeness (QED) is 0.750. The number of aryl methyl sites for hydroxylation is 1. The molecule has 1 aliphatic rings. The summed E-state index contributed by atoms with van der Waals surface area (Å²) in [5.41, 5.74) is 2.65. The zero-order chi connectivity index (χ0) is 9.97. The number of hydrogen-bond acceptors (Lipinski definition) is 1. The Morgan fingerprint density at radius 3 is 2.64 bits per heavy atom. The van der Waals surface area contributed by atoms with Crippen LogP contribution in [0.5, 0.6) is 0 Å². The molecule has 76 valence electrons. The second-order valence-corrected chi connectivity index (χ2v) is 4.44. The van der Waals surface area contributed by atoms with Gasteiger partial charge in [0, 0.05) is 5.02 Å². The third-order valence-corrected chi connectivity index (χ3v) is 3.42. The first-order valence-corrected chi connectivity index (χ1v) is 5.62. The van der Waals surface area contributed by atoms with Crippen LogP contribution in [0.4, 0.5) is 0 Å². The van der Waals surface area contributed by atoms with Gasteiger partial charge in [0.2, 0.25) is 0 Å². The molecule has 0 unspecified atom stereocenters. The highest BCUT2D eigenvalue weighted by Crippen LogP contribution is 2.27. The van der Waals surface area contributed by atoms with Crippen LogP contribution in [-0.2, 0) is 0 Å². The lowest BCUT2D eigenvalue weighted by molar-refractivity contribution is 0.460. The van der Waals surface area contributed by atoms with Gasteiger partial charge in [0.1, 0.15) is 0 Å². The highest BCUT2D eigenvalue weighted by atomic mass is 35.5. The van der Waals surface area contributed by atoms with E-state index in [1.54, 1.807) is 0 Å². The van der Waals surface area contributed by atoms with Gasteiger partial charge in [-0.05, 0) is 56.0 Å². The molecule has 0 atom stereocenters. The van der Waals surface area contributed by atoms with Crippen molar-refractivity contribution in [2.45, 2.75) is 25.7 Å². The molecule has 0 bridgehead atoms. The van der Waals surface area contributed by atoms with Crippen LogP contribution in [0, 0.1) is 6.92 Å². The predicted octanol–water partition coefficient (Wildman–Crippen LogP) is 3.12. The number of hydrogen-bond donors (Lipinski definition) is 1. The van der Waals surface area contributed by atoms with Gasteiger partial charge in [-0.15, -0.1) is 0 Å². The molecule has 2 rings (SSSR count). The third-order valence-electron chi connectivity index (χ3n) is 2.99. The second-order valence-electron chi connectivity index (χ2n) is 4.03. The summed E-state index contributed by atoms with van der Waals surface area (Å²) in [6.45, 7) is 4.37. The topological polar surface area (TPSA) is 12.0 Å². The Labute approximate surface area is 90.5 Å². The lowest BCUT2D eigenvalue weighted by Crippen LogP contribution is -2.26. The summed E-state index contributed by atoms with van der Waals surface area (Å²) in [6, 6.07) is 6.43. The maximum atomic E-state index is 6.01. The molecule has 1 heterocycles. The van der Waals surface area contributed by atoms with Crippen LogP contribution in [0.25, 0.3) is 0 Å². The Kier molecular flexibility index (Phi) is 3.09. The fourth-order valence-corrected chi connectivity index (χ4v) is 2.19. The molecule has 1 aromatic carbocycles. The van der Waals surface area contributed by atoms with Crippen LogP contribution >= 0.6 is 11.6 Å². The number of piperidine rings is 1. The maximum Gasteiger partial charge on any atom is 0.0435 e. The Balaban J connectivity index is 2.18. The normalized spacial score (nSPS) is 18.4. The monoisotopic (exact) mass is 209 g/mol. The summed E-state index contributed by atoms with van der Waals surface area (Å²) in [5, 5.41) is 4.26. The zero-order valence-corrected chi connectivity index (χ0v) is 9.27. The molecule has 1 N–H and O–H groups in total. The van der Waals surface area contributed by atoms with Crippen LogP contribution in [0.1, 0.15) is 29.9 Å². The number of benzene rings is 1. The van der Waals surface area contributed by atoms with Crippen LogP contribution in [0.15, 0.2) is 18.2 Å². The minimum absolute atomic E-state index is 0.729. The molecule has 2 heteroatoms. The molecule has 0 radical (unpaired) electrons. The van der Waals surface area contributed by atoms with Gasteiger partial charge in [-0.2, -0.15) is 0 Å². The van der Waals surface area contributed by atoms with E-state index in [1.807, 2.05) is 6.07 Å². The van der Waals surface area contributed by atoms with E-state index in [9.17, 15) is 0 Å². The Bertz CT molecular complexity index is 316. The van der Waals surface area contributed by atoms with E-state index in [2.05, 4.69) is 24.4 Å². The number of rotatable bonds is 1. The first-order chi connectivity index (χ1) is 6.77. The van der Waals surface area contributed by atoms with Crippen molar-refractivity contribution in [2.24, 2.45) is 0 Å². The van der Waals surface area contributed by atoms with Crippen molar-refractivity contribution < 1.29 is 0 Å². The summed E-state index contributed by atoms with van der Waals surface area (Å²) in [5.74, 6) is 0.729. The summed E-state index contributed by atoms with van der Waals surface area (Å²) in [4.78, 5) is 0. The van der Waals surface area contributed by atoms with Crippen molar-refractivity contribution >= 4 is 11.6 Å². The van der Waals surface area contributed by atoms with Crippen LogP contribution in [0.2, 0.25) is 5.02 Å². The van der Waals surface area contributed by atoms with Gasteiger partial charge < -0.3 is 5.32 Å². The van der Waals surface area contributed by atoms with E-state index in [0.29, 0.717) is 0 Å². The average molecular weight is 210 g/mol. The second kappa shape index (κ2) is 4.33. The van der Waals surface area contributed by atoms with Gasteiger partial charge in [0.15, 0.2) is 0 Å². The molecule has 1 saturated heterocycles. The molecule has 0 spiro atoms. The number of halogens is 1. The average Bonchev–Trinajstić information content (AvgIpc) is 2.23. The molecular formula is C12H16ClN. The third kappa shape index (κ3) is 2.10. The van der Waals surface area contributed by atoms with E-state index in [-0.39, 0.29) is 0 Å². The molecule has 1 aliphatic heterocycles. The lowest BCUT2D eigenvalue weighted by Gasteiger charge is -2.23. The van der Waals surface area contributed by atoms with Gasteiger partial charge >= 0.3 is 0 Å². The largest absolute Gasteiger partial charge is 0.317 e. The Morgan fingerprint density at radius 2 is 2.00 bits per heavy atom. The lowest BCUT2D eigenvalue weighted by atomic mass is 9.89. The van der Waals surface area contributed by atoms with Crippen LogP contribution < -0.4 is 5.32 Å². The molecule has 0 amide bonds. The van der Waals surface area contributed by atoms with Crippen molar-refractivity contribution in [2.75, 3.05) is 13.1 Å². The summed E-state index contributed by atoms with van der Waals surface area (Å²) >= 11 is 6.01. The van der Waals surface area contributed by atoms with Gasteiger partial charge in [-0.1, -0.05) is 23.7 Å². The van der Waals surface area contributed by atoms with Crippen molar-refractivity contribution in [3.63, 3.8) is 0 Å². The smallest absolute Gasteiger partial charge is 0.0435 e. The van der Waals surface area contributed by atoms with E-state index >= 15 is 0 Å². The van der Waals surface area contributed by atoms with Gasteiger partial charge in [-0.25, -0.2) is 0 Å². The van der Waals surface area contributed by atoms with E-state index in [4.69, 9.17) is 11.6 Å². The van der Waals surface area contributed by atoms with Gasteiger partial charge in [-0.3, -0.25) is 0 Å². The van der Waals surface area contributed by atoms with Crippen molar-refractivity contribution in [3.8, 4) is 0 Å². The Morgan fingerprint density at radius 1 is 1.29 bits per heavy atom. The van der Waals surface area contributed by atoms with Crippen molar-refractivity contribution in [3.05, 3.63) is 34.3 Å². The van der Waals surface area contributed by atoms with E-state index in [0.717, 1.165) is 24.0 Å². The highest BCUT2D eigenvalue weighted by molar-refractivity contribution is 6.31. The minimum Gasteiger partial charge on any atom is -0.317 e. The summed E-state index contributed by atoms with van der Waals surface area (Å²) in [7, 11) is 0. The molecule has 1 nitrogen and oxygen atoms in total. The zero-order valence-electron chi connectivity index (χ0n) is 8.52. The van der Waals surface area contributed by atoms with Gasteiger partial charge in [0.05, 0.1) is 0 Å². The molecule has 0 aromatic heterocycles.